The summed E-state index contributed by atoms with van der Waals surface area (Å²) in [6.45, 7) is 6.88. The first-order valence-electron chi connectivity index (χ1n) is 10.9. The standard InChI is InChI=1S/C24H26O10P/c1-5-30-21(25)15-9-16(22(26)31-6-2)12-19(11-15)34-35(29)20-13-17(23(27)32-7-3)10-18(14-20)24(28)33-8-4/h9-14H,5-8H2,1-4H3/q+1. The summed E-state index contributed by atoms with van der Waals surface area (Å²) < 4.78 is 38.5. The number of esters is 4. The topological polar surface area (TPSA) is 132 Å². The molecule has 0 saturated carbocycles. The van der Waals surface area contributed by atoms with Gasteiger partial charge in [-0.3, -0.25) is 4.52 Å². The molecule has 10 nitrogen and oxygen atoms in total. The molecule has 1 atom stereocenters. The maximum Gasteiger partial charge on any atom is 0.597 e. The fourth-order valence-electron chi connectivity index (χ4n) is 2.85. The Balaban J connectivity index is 2.48. The predicted molar refractivity (Wildman–Crippen MR) is 125 cm³/mol. The van der Waals surface area contributed by atoms with Gasteiger partial charge in [-0.1, -0.05) is 0 Å². The zero-order chi connectivity index (χ0) is 26.0. The molecule has 0 spiro atoms. The number of benzene rings is 2. The molecule has 2 aromatic rings. The smallest absolute Gasteiger partial charge is 0.462 e. The summed E-state index contributed by atoms with van der Waals surface area (Å²) in [5.41, 5.74) is -0.0646. The normalized spacial score (nSPS) is 10.7. The van der Waals surface area contributed by atoms with Crippen molar-refractivity contribution in [2.45, 2.75) is 27.7 Å². The van der Waals surface area contributed by atoms with Gasteiger partial charge in [0.15, 0.2) is 5.75 Å². The lowest BCUT2D eigenvalue weighted by Crippen LogP contribution is -2.14. The summed E-state index contributed by atoms with van der Waals surface area (Å²) in [7, 11) is -2.70. The van der Waals surface area contributed by atoms with Gasteiger partial charge in [0.2, 0.25) is 5.30 Å². The number of hydrogen-bond donors (Lipinski definition) is 0. The molecular formula is C24H26O10P+. The van der Waals surface area contributed by atoms with Gasteiger partial charge in [-0.2, -0.15) is 0 Å². The van der Waals surface area contributed by atoms with Crippen molar-refractivity contribution in [3.05, 3.63) is 58.7 Å². The number of ether oxygens (including phenoxy) is 4. The summed E-state index contributed by atoms with van der Waals surface area (Å²) in [6, 6.07) is 7.59. The lowest BCUT2D eigenvalue weighted by Gasteiger charge is -2.07. The highest BCUT2D eigenvalue weighted by atomic mass is 31.1. The monoisotopic (exact) mass is 505 g/mol. The van der Waals surface area contributed by atoms with Crippen LogP contribution in [0.25, 0.3) is 0 Å². The Labute approximate surface area is 203 Å². The minimum absolute atomic E-state index is 0.00664. The van der Waals surface area contributed by atoms with Crippen LogP contribution in [0.5, 0.6) is 5.75 Å². The van der Waals surface area contributed by atoms with Gasteiger partial charge in [-0.15, -0.1) is 0 Å². The van der Waals surface area contributed by atoms with E-state index in [0.717, 1.165) is 0 Å². The van der Waals surface area contributed by atoms with E-state index in [-0.39, 0.29) is 59.7 Å². The van der Waals surface area contributed by atoms with Crippen LogP contribution in [0.15, 0.2) is 36.4 Å². The molecule has 0 amide bonds. The molecule has 0 aliphatic rings. The Morgan fingerprint density at radius 1 is 0.571 bits per heavy atom. The summed E-state index contributed by atoms with van der Waals surface area (Å²) in [6.07, 6.45) is 0. The van der Waals surface area contributed by atoms with Crippen molar-refractivity contribution in [3.63, 3.8) is 0 Å². The summed E-state index contributed by atoms with van der Waals surface area (Å²) in [5.74, 6) is -2.96. The van der Waals surface area contributed by atoms with Gasteiger partial charge >= 0.3 is 31.9 Å². The Morgan fingerprint density at radius 2 is 0.886 bits per heavy atom. The van der Waals surface area contributed by atoms with Crippen molar-refractivity contribution in [1.29, 1.82) is 0 Å². The van der Waals surface area contributed by atoms with E-state index in [1.165, 1.54) is 36.4 Å². The molecule has 0 N–H and O–H groups in total. The molecule has 0 fully saturated rings. The maximum atomic E-state index is 13.1. The Morgan fingerprint density at radius 3 is 1.20 bits per heavy atom. The van der Waals surface area contributed by atoms with E-state index >= 15 is 0 Å². The minimum atomic E-state index is -2.70. The van der Waals surface area contributed by atoms with Gasteiger partial charge < -0.3 is 18.9 Å². The van der Waals surface area contributed by atoms with Crippen LogP contribution < -0.4 is 9.83 Å². The Hall–Kier alpha value is -3.78. The molecule has 0 heterocycles. The van der Waals surface area contributed by atoms with E-state index in [1.807, 2.05) is 0 Å². The third-order valence-electron chi connectivity index (χ3n) is 4.27. The summed E-state index contributed by atoms with van der Waals surface area (Å²) in [4.78, 5) is 49.0. The third-order valence-corrected chi connectivity index (χ3v) is 5.32. The van der Waals surface area contributed by atoms with Gasteiger partial charge in [0.25, 0.3) is 0 Å². The number of rotatable bonds is 11. The van der Waals surface area contributed by atoms with Gasteiger partial charge in [0.1, 0.15) is 0 Å². The summed E-state index contributed by atoms with van der Waals surface area (Å²) >= 11 is 0. The molecule has 11 heteroatoms. The van der Waals surface area contributed by atoms with Crippen LogP contribution in [0, 0.1) is 0 Å². The molecular weight excluding hydrogens is 479 g/mol. The third kappa shape index (κ3) is 7.61. The highest BCUT2D eigenvalue weighted by molar-refractivity contribution is 7.48. The largest absolute Gasteiger partial charge is 0.597 e. The first kappa shape index (κ1) is 27.5. The SMILES string of the molecule is CCOC(=O)c1cc(O[P+](=O)c2cc(C(=O)OCC)cc(C(=O)OCC)c2)cc(C(=O)OCC)c1. The highest BCUT2D eigenvalue weighted by Gasteiger charge is 2.29. The fourth-order valence-corrected chi connectivity index (χ4v) is 3.74. The number of hydrogen-bond acceptors (Lipinski definition) is 10. The van der Waals surface area contributed by atoms with Crippen molar-refractivity contribution >= 4 is 37.2 Å². The van der Waals surface area contributed by atoms with Gasteiger partial charge in [-0.25, -0.2) is 19.2 Å². The van der Waals surface area contributed by atoms with Crippen molar-refractivity contribution in [3.8, 4) is 5.75 Å². The van der Waals surface area contributed by atoms with Crippen LogP contribution in [-0.4, -0.2) is 50.3 Å². The quantitative estimate of drug-likeness (QED) is 0.252. The average Bonchev–Trinajstić information content (AvgIpc) is 2.84. The minimum Gasteiger partial charge on any atom is -0.462 e. The molecule has 0 radical (unpaired) electrons. The number of carbonyl (C=O) groups is 4. The van der Waals surface area contributed by atoms with E-state index in [2.05, 4.69) is 0 Å². The van der Waals surface area contributed by atoms with Crippen LogP contribution in [0.1, 0.15) is 69.1 Å². The van der Waals surface area contributed by atoms with Gasteiger partial charge in [-0.05, 0) is 44.4 Å². The Bertz CT molecular complexity index is 1050. The van der Waals surface area contributed by atoms with Crippen molar-refractivity contribution in [1.82, 2.24) is 0 Å². The van der Waals surface area contributed by atoms with Crippen LogP contribution >= 0.6 is 8.03 Å². The molecule has 1 unspecified atom stereocenters. The van der Waals surface area contributed by atoms with E-state index in [1.54, 1.807) is 27.7 Å². The first-order valence-corrected chi connectivity index (χ1v) is 12.1. The average molecular weight is 505 g/mol. The molecule has 2 aromatic carbocycles. The van der Waals surface area contributed by atoms with E-state index < -0.39 is 31.9 Å². The first-order chi connectivity index (χ1) is 16.7. The van der Waals surface area contributed by atoms with E-state index in [9.17, 15) is 23.7 Å². The van der Waals surface area contributed by atoms with Crippen LogP contribution in [0.3, 0.4) is 0 Å². The van der Waals surface area contributed by atoms with E-state index in [4.69, 9.17) is 23.5 Å². The van der Waals surface area contributed by atoms with E-state index in [0.29, 0.717) is 0 Å². The molecule has 35 heavy (non-hydrogen) atoms. The molecule has 186 valence electrons. The second-order valence-corrected chi connectivity index (χ2v) is 7.96. The number of carbonyl (C=O) groups excluding carboxylic acids is 4. The molecule has 2 rings (SSSR count). The molecule has 0 saturated heterocycles. The highest BCUT2D eigenvalue weighted by Crippen LogP contribution is 2.30. The Kier molecular flexibility index (Phi) is 10.4. The predicted octanol–water partition coefficient (Wildman–Crippen LogP) is 3.84. The maximum absolute atomic E-state index is 13.1. The van der Waals surface area contributed by atoms with Crippen molar-refractivity contribution in [2.24, 2.45) is 0 Å². The second kappa shape index (κ2) is 13.2. The fraction of sp³-hybridized carbons (Fsp3) is 0.333. The van der Waals surface area contributed by atoms with Crippen LogP contribution in [0.2, 0.25) is 0 Å². The molecule has 0 aliphatic carbocycles. The van der Waals surface area contributed by atoms with Crippen LogP contribution in [0.4, 0.5) is 0 Å². The molecule has 0 bridgehead atoms. The lowest BCUT2D eigenvalue weighted by molar-refractivity contribution is 0.0506. The lowest BCUT2D eigenvalue weighted by atomic mass is 10.1. The van der Waals surface area contributed by atoms with Gasteiger partial charge in [0, 0.05) is 24.3 Å². The molecule has 0 aromatic heterocycles. The molecule has 0 aliphatic heterocycles. The van der Waals surface area contributed by atoms with Crippen molar-refractivity contribution in [2.75, 3.05) is 26.4 Å². The van der Waals surface area contributed by atoms with Crippen LogP contribution in [-0.2, 0) is 23.5 Å². The van der Waals surface area contributed by atoms with Gasteiger partial charge in [0.05, 0.1) is 48.7 Å². The summed E-state index contributed by atoms with van der Waals surface area (Å²) in [5, 5.41) is -0.00664. The second-order valence-electron chi connectivity index (χ2n) is 6.74. The van der Waals surface area contributed by atoms with Crippen molar-refractivity contribution < 1.29 is 47.2 Å². The zero-order valence-corrected chi connectivity index (χ0v) is 20.7. The zero-order valence-electron chi connectivity index (χ0n) is 19.8.